The number of halogens is 1. The van der Waals surface area contributed by atoms with Gasteiger partial charge in [-0.05, 0) is 47.0 Å². The van der Waals surface area contributed by atoms with E-state index in [9.17, 15) is 4.39 Å². The summed E-state index contributed by atoms with van der Waals surface area (Å²) in [4.78, 5) is 0. The third-order valence-electron chi connectivity index (χ3n) is 3.78. The van der Waals surface area contributed by atoms with Crippen LogP contribution in [0.2, 0.25) is 0 Å². The van der Waals surface area contributed by atoms with Crippen molar-refractivity contribution in [3.63, 3.8) is 0 Å². The summed E-state index contributed by atoms with van der Waals surface area (Å²) in [7, 11) is 0. The topological polar surface area (TPSA) is 50.1 Å². The Kier molecular flexibility index (Phi) is 5.78. The lowest BCUT2D eigenvalue weighted by atomic mass is 9.87. The van der Waals surface area contributed by atoms with Crippen LogP contribution in [0.1, 0.15) is 37.5 Å². The van der Waals surface area contributed by atoms with E-state index >= 15 is 0 Å². The highest BCUT2D eigenvalue weighted by atomic mass is 32.1. The zero-order valence-electron chi connectivity index (χ0n) is 14.3. The van der Waals surface area contributed by atoms with Crippen LogP contribution in [0.4, 0.5) is 10.1 Å². The number of nitrogen functional groups attached to an aromatic ring is 1. The fourth-order valence-electron chi connectivity index (χ4n) is 2.27. The minimum absolute atomic E-state index is 0.143. The summed E-state index contributed by atoms with van der Waals surface area (Å²) in [5, 5.41) is 6.61. The largest absolute Gasteiger partial charge is 0.399 e. The number of rotatable bonds is 4. The quantitative estimate of drug-likeness (QED) is 0.582. The summed E-state index contributed by atoms with van der Waals surface area (Å²) < 4.78 is 13.6. The molecule has 24 heavy (non-hydrogen) atoms. The van der Waals surface area contributed by atoms with Crippen molar-refractivity contribution >= 4 is 23.0 Å². The second-order valence-electron chi connectivity index (χ2n) is 6.83. The molecule has 0 saturated carbocycles. The molecular formula is C19H24FN3S. The van der Waals surface area contributed by atoms with Gasteiger partial charge in [-0.25, -0.2) is 4.39 Å². The molecule has 2 aromatic rings. The molecule has 0 aliphatic heterocycles. The smallest absolute Gasteiger partial charge is 0.166 e. The van der Waals surface area contributed by atoms with Gasteiger partial charge in [-0.3, -0.25) is 0 Å². The molecule has 128 valence electrons. The van der Waals surface area contributed by atoms with Gasteiger partial charge in [-0.15, -0.1) is 0 Å². The summed E-state index contributed by atoms with van der Waals surface area (Å²) in [6, 6.07) is 13.0. The molecule has 3 nitrogen and oxygen atoms in total. The second-order valence-corrected chi connectivity index (χ2v) is 7.24. The van der Waals surface area contributed by atoms with Gasteiger partial charge in [-0.1, -0.05) is 45.0 Å². The van der Waals surface area contributed by atoms with Crippen molar-refractivity contribution in [2.75, 3.05) is 5.73 Å². The zero-order chi connectivity index (χ0) is 17.7. The third-order valence-corrected chi connectivity index (χ3v) is 4.07. The van der Waals surface area contributed by atoms with E-state index in [-0.39, 0.29) is 11.2 Å². The van der Waals surface area contributed by atoms with E-state index in [1.807, 2.05) is 0 Å². The van der Waals surface area contributed by atoms with Crippen molar-refractivity contribution in [1.29, 1.82) is 0 Å². The zero-order valence-corrected chi connectivity index (χ0v) is 15.1. The van der Waals surface area contributed by atoms with E-state index in [4.69, 9.17) is 18.0 Å². The van der Waals surface area contributed by atoms with Gasteiger partial charge in [0.05, 0.1) is 0 Å². The summed E-state index contributed by atoms with van der Waals surface area (Å²) in [5.74, 6) is -0.294. The maximum atomic E-state index is 13.6. The number of hydrogen-bond acceptors (Lipinski definition) is 2. The van der Waals surface area contributed by atoms with Gasteiger partial charge >= 0.3 is 0 Å². The molecule has 0 radical (unpaired) electrons. The number of nitrogens with two attached hydrogens (primary N) is 1. The standard InChI is InChI=1S/C19H24FN3S/c1-19(2,3)15-6-4-13(5-7-15)11-22-18(24)23-12-14-10-16(21)8-9-17(14)20/h4-10H,11-12,21H2,1-3H3,(H2,22,23,24). The molecule has 0 aromatic heterocycles. The van der Waals surface area contributed by atoms with Crippen LogP contribution in [-0.4, -0.2) is 5.11 Å². The van der Waals surface area contributed by atoms with Gasteiger partial charge in [0.15, 0.2) is 5.11 Å². The van der Waals surface area contributed by atoms with E-state index in [2.05, 4.69) is 55.7 Å². The first-order chi connectivity index (χ1) is 11.3. The lowest BCUT2D eigenvalue weighted by Gasteiger charge is -2.19. The molecule has 4 N–H and O–H groups in total. The fourth-order valence-corrected chi connectivity index (χ4v) is 2.42. The molecule has 0 heterocycles. The summed E-state index contributed by atoms with van der Waals surface area (Å²) in [5.41, 5.74) is 9.28. The van der Waals surface area contributed by atoms with Crippen molar-refractivity contribution in [2.45, 2.75) is 39.3 Å². The van der Waals surface area contributed by atoms with Crippen LogP contribution >= 0.6 is 12.2 Å². The van der Waals surface area contributed by atoms with Gasteiger partial charge in [-0.2, -0.15) is 0 Å². The Hall–Kier alpha value is -2.14. The molecule has 0 amide bonds. The van der Waals surface area contributed by atoms with Gasteiger partial charge in [0.25, 0.3) is 0 Å². The first kappa shape index (κ1) is 18.2. The molecule has 0 bridgehead atoms. The molecule has 2 aromatic carbocycles. The highest BCUT2D eigenvalue weighted by molar-refractivity contribution is 7.80. The van der Waals surface area contributed by atoms with Gasteiger partial charge < -0.3 is 16.4 Å². The average Bonchev–Trinajstić information content (AvgIpc) is 2.53. The second kappa shape index (κ2) is 7.62. The first-order valence-electron chi connectivity index (χ1n) is 7.91. The molecule has 5 heteroatoms. The van der Waals surface area contributed by atoms with E-state index in [1.165, 1.54) is 17.7 Å². The Morgan fingerprint density at radius 2 is 1.67 bits per heavy atom. The molecule has 0 aliphatic carbocycles. The van der Waals surface area contributed by atoms with Crippen LogP contribution in [0, 0.1) is 5.82 Å². The van der Waals surface area contributed by atoms with Gasteiger partial charge in [0, 0.05) is 24.3 Å². The number of benzene rings is 2. The van der Waals surface area contributed by atoms with Crippen LogP contribution in [0.3, 0.4) is 0 Å². The van der Waals surface area contributed by atoms with E-state index in [1.54, 1.807) is 6.07 Å². The summed E-state index contributed by atoms with van der Waals surface area (Å²) in [6.45, 7) is 7.49. The van der Waals surface area contributed by atoms with Gasteiger partial charge in [0.2, 0.25) is 0 Å². The number of anilines is 1. The highest BCUT2D eigenvalue weighted by Gasteiger charge is 2.12. The molecule has 2 rings (SSSR count). The lowest BCUT2D eigenvalue weighted by molar-refractivity contribution is 0.590. The Bertz CT molecular complexity index is 706. The van der Waals surface area contributed by atoms with Crippen LogP contribution in [0.15, 0.2) is 42.5 Å². The number of hydrogen-bond donors (Lipinski definition) is 3. The normalized spacial score (nSPS) is 11.2. The Morgan fingerprint density at radius 1 is 1.04 bits per heavy atom. The van der Waals surface area contributed by atoms with Gasteiger partial charge in [0.1, 0.15) is 5.82 Å². The lowest BCUT2D eigenvalue weighted by Crippen LogP contribution is -2.34. The first-order valence-corrected chi connectivity index (χ1v) is 8.31. The predicted octanol–water partition coefficient (Wildman–Crippen LogP) is 3.87. The number of thiocarbonyl (C=S) groups is 1. The molecule has 0 saturated heterocycles. The van der Waals surface area contributed by atoms with Crippen LogP contribution in [0.25, 0.3) is 0 Å². The maximum absolute atomic E-state index is 13.6. The highest BCUT2D eigenvalue weighted by Crippen LogP contribution is 2.22. The Balaban J connectivity index is 1.84. The van der Waals surface area contributed by atoms with E-state index in [0.717, 1.165) is 5.56 Å². The number of nitrogens with one attached hydrogen (secondary N) is 2. The molecule has 0 aliphatic rings. The van der Waals surface area contributed by atoms with Crippen LogP contribution < -0.4 is 16.4 Å². The molecular weight excluding hydrogens is 321 g/mol. The Morgan fingerprint density at radius 3 is 2.29 bits per heavy atom. The minimum Gasteiger partial charge on any atom is -0.399 e. The summed E-state index contributed by atoms with van der Waals surface area (Å²) in [6.07, 6.45) is 0. The van der Waals surface area contributed by atoms with E-state index in [0.29, 0.717) is 29.5 Å². The SMILES string of the molecule is CC(C)(C)c1ccc(CNC(=S)NCc2cc(N)ccc2F)cc1. The van der Waals surface area contributed by atoms with Crippen LogP contribution in [0.5, 0.6) is 0 Å². The summed E-state index contributed by atoms with van der Waals surface area (Å²) >= 11 is 5.24. The van der Waals surface area contributed by atoms with Crippen molar-refractivity contribution in [3.8, 4) is 0 Å². The molecule has 0 unspecified atom stereocenters. The van der Waals surface area contributed by atoms with Crippen molar-refractivity contribution in [1.82, 2.24) is 10.6 Å². The maximum Gasteiger partial charge on any atom is 0.166 e. The molecule has 0 spiro atoms. The molecule has 0 atom stereocenters. The average molecular weight is 345 g/mol. The predicted molar refractivity (Wildman–Crippen MR) is 102 cm³/mol. The Labute approximate surface area is 148 Å². The fraction of sp³-hybridized carbons (Fsp3) is 0.316. The van der Waals surface area contributed by atoms with E-state index < -0.39 is 0 Å². The van der Waals surface area contributed by atoms with Crippen LogP contribution in [-0.2, 0) is 18.5 Å². The third kappa shape index (κ3) is 5.20. The molecule has 0 fully saturated rings. The van der Waals surface area contributed by atoms with Crippen molar-refractivity contribution in [2.24, 2.45) is 0 Å². The van der Waals surface area contributed by atoms with Crippen molar-refractivity contribution in [3.05, 3.63) is 65.0 Å². The minimum atomic E-state index is -0.294. The van der Waals surface area contributed by atoms with Crippen molar-refractivity contribution < 1.29 is 4.39 Å². The monoisotopic (exact) mass is 345 g/mol.